The molecule has 1 aromatic carbocycles. The zero-order valence-electron chi connectivity index (χ0n) is 10.7. The highest BCUT2D eigenvalue weighted by molar-refractivity contribution is 5.96. The molecule has 0 aliphatic rings. The monoisotopic (exact) mass is 236 g/mol. The number of carbonyl (C=O) groups excluding carboxylic acids is 1. The molecule has 17 heavy (non-hydrogen) atoms. The number of anilines is 1. The zero-order chi connectivity index (χ0) is 13.2. The van der Waals surface area contributed by atoms with Crippen molar-refractivity contribution in [2.75, 3.05) is 5.32 Å². The summed E-state index contributed by atoms with van der Waals surface area (Å²) in [5, 5.41) is 12.5. The summed E-state index contributed by atoms with van der Waals surface area (Å²) in [7, 11) is 0. The first-order chi connectivity index (χ1) is 7.82. The average Bonchev–Trinajstić information content (AvgIpc) is 2.23. The van der Waals surface area contributed by atoms with Gasteiger partial charge >= 0.3 is 0 Å². The van der Waals surface area contributed by atoms with Crippen LogP contribution in [0.4, 0.5) is 5.69 Å². The van der Waals surface area contributed by atoms with Crippen LogP contribution in [0.25, 0.3) is 0 Å². The van der Waals surface area contributed by atoms with Gasteiger partial charge in [-0.25, -0.2) is 0 Å². The lowest BCUT2D eigenvalue weighted by Crippen LogP contribution is -2.39. The van der Waals surface area contributed by atoms with Crippen molar-refractivity contribution in [1.82, 2.24) is 0 Å². The second-order valence-corrected chi connectivity index (χ2v) is 4.74. The molecule has 0 unspecified atom stereocenters. The van der Waals surface area contributed by atoms with Gasteiger partial charge in [0.1, 0.15) is 5.75 Å². The Morgan fingerprint density at radius 1 is 1.35 bits per heavy atom. The largest absolute Gasteiger partial charge is 0.505 e. The number of amides is 1. The highest BCUT2D eigenvalue weighted by atomic mass is 16.3. The van der Waals surface area contributed by atoms with Crippen LogP contribution < -0.4 is 11.1 Å². The maximum absolute atomic E-state index is 11.8. The third-order valence-electron chi connectivity index (χ3n) is 2.72. The topological polar surface area (TPSA) is 75.3 Å². The fourth-order valence-electron chi connectivity index (χ4n) is 1.57. The number of nitrogens with two attached hydrogens (primary N) is 1. The molecule has 4 heteroatoms. The molecular weight excluding hydrogens is 216 g/mol. The van der Waals surface area contributed by atoms with Gasteiger partial charge in [-0.3, -0.25) is 4.79 Å². The zero-order valence-corrected chi connectivity index (χ0v) is 10.7. The number of hydrogen-bond acceptors (Lipinski definition) is 3. The average molecular weight is 236 g/mol. The maximum Gasteiger partial charge on any atom is 0.241 e. The molecule has 0 radical (unpaired) electrons. The number of aryl methyl sites for hydroxylation is 2. The summed E-state index contributed by atoms with van der Waals surface area (Å²) >= 11 is 0. The molecular formula is C13H20N2O2. The van der Waals surface area contributed by atoms with Crippen molar-refractivity contribution in [1.29, 1.82) is 0 Å². The molecule has 0 spiro atoms. The number of hydrogen-bond donors (Lipinski definition) is 3. The Bertz CT molecular complexity index is 428. The Morgan fingerprint density at radius 3 is 2.47 bits per heavy atom. The Balaban J connectivity index is 2.92. The Hall–Kier alpha value is -1.55. The standard InChI is InChI=1S/C13H20N2O2/c1-7(2)11(14)13(17)15-10-6-8(3)5-9(4)12(10)16/h5-7,11,16H,14H2,1-4H3,(H,15,17)/t11-/m0/s1. The first-order valence-electron chi connectivity index (χ1n) is 5.69. The summed E-state index contributed by atoms with van der Waals surface area (Å²) in [6.45, 7) is 7.46. The van der Waals surface area contributed by atoms with Crippen molar-refractivity contribution in [2.45, 2.75) is 33.7 Å². The molecule has 0 heterocycles. The van der Waals surface area contributed by atoms with E-state index in [4.69, 9.17) is 5.73 Å². The second kappa shape index (κ2) is 5.19. The Labute approximate surface area is 102 Å². The van der Waals surface area contributed by atoms with E-state index in [1.165, 1.54) is 0 Å². The van der Waals surface area contributed by atoms with E-state index in [9.17, 15) is 9.90 Å². The van der Waals surface area contributed by atoms with E-state index in [1.807, 2.05) is 26.8 Å². The summed E-state index contributed by atoms with van der Waals surface area (Å²) in [5.41, 5.74) is 7.88. The first kappa shape index (κ1) is 13.5. The number of aromatic hydroxyl groups is 1. The fraction of sp³-hybridized carbons (Fsp3) is 0.462. The van der Waals surface area contributed by atoms with Crippen LogP contribution in [-0.2, 0) is 4.79 Å². The van der Waals surface area contributed by atoms with E-state index in [0.717, 1.165) is 11.1 Å². The van der Waals surface area contributed by atoms with Gasteiger partial charge in [0.25, 0.3) is 0 Å². The maximum atomic E-state index is 11.8. The lowest BCUT2D eigenvalue weighted by Gasteiger charge is -2.17. The molecule has 1 aromatic rings. The van der Waals surface area contributed by atoms with Crippen molar-refractivity contribution >= 4 is 11.6 Å². The highest BCUT2D eigenvalue weighted by Crippen LogP contribution is 2.28. The predicted octanol–water partition coefficient (Wildman–Crippen LogP) is 1.93. The molecule has 0 saturated heterocycles. The summed E-state index contributed by atoms with van der Waals surface area (Å²) < 4.78 is 0. The van der Waals surface area contributed by atoms with E-state index in [-0.39, 0.29) is 17.6 Å². The minimum atomic E-state index is -0.574. The van der Waals surface area contributed by atoms with Crippen LogP contribution >= 0.6 is 0 Å². The predicted molar refractivity (Wildman–Crippen MR) is 69.0 cm³/mol. The highest BCUT2D eigenvalue weighted by Gasteiger charge is 2.18. The van der Waals surface area contributed by atoms with Crippen molar-refractivity contribution in [3.05, 3.63) is 23.3 Å². The summed E-state index contributed by atoms with van der Waals surface area (Å²) in [5.74, 6) is -0.122. The van der Waals surface area contributed by atoms with Crippen LogP contribution in [0, 0.1) is 19.8 Å². The van der Waals surface area contributed by atoms with Crippen LogP contribution in [0.5, 0.6) is 5.75 Å². The quantitative estimate of drug-likeness (QED) is 0.702. The normalized spacial score (nSPS) is 12.6. The van der Waals surface area contributed by atoms with Crippen molar-refractivity contribution in [3.63, 3.8) is 0 Å². The Kier molecular flexibility index (Phi) is 4.12. The van der Waals surface area contributed by atoms with E-state index >= 15 is 0 Å². The first-order valence-corrected chi connectivity index (χ1v) is 5.69. The molecule has 0 aliphatic carbocycles. The molecule has 1 atom stereocenters. The Morgan fingerprint density at radius 2 is 1.94 bits per heavy atom. The van der Waals surface area contributed by atoms with Gasteiger partial charge < -0.3 is 16.2 Å². The molecule has 0 saturated carbocycles. The van der Waals surface area contributed by atoms with Gasteiger partial charge in [-0.15, -0.1) is 0 Å². The van der Waals surface area contributed by atoms with Gasteiger partial charge in [-0.2, -0.15) is 0 Å². The van der Waals surface area contributed by atoms with Crippen LogP contribution in [0.15, 0.2) is 12.1 Å². The van der Waals surface area contributed by atoms with Gasteiger partial charge in [0.2, 0.25) is 5.91 Å². The van der Waals surface area contributed by atoms with E-state index < -0.39 is 6.04 Å². The number of carbonyl (C=O) groups is 1. The smallest absolute Gasteiger partial charge is 0.241 e. The van der Waals surface area contributed by atoms with Gasteiger partial charge in [0.05, 0.1) is 11.7 Å². The number of nitrogens with one attached hydrogen (secondary N) is 1. The van der Waals surface area contributed by atoms with Crippen LogP contribution in [0.2, 0.25) is 0 Å². The fourth-order valence-corrected chi connectivity index (χ4v) is 1.57. The molecule has 0 aliphatic heterocycles. The van der Waals surface area contributed by atoms with E-state index in [1.54, 1.807) is 13.0 Å². The van der Waals surface area contributed by atoms with Crippen LogP contribution in [0.1, 0.15) is 25.0 Å². The molecule has 4 N–H and O–H groups in total. The van der Waals surface area contributed by atoms with E-state index in [2.05, 4.69) is 5.32 Å². The third kappa shape index (κ3) is 3.20. The minimum absolute atomic E-state index is 0.0584. The molecule has 94 valence electrons. The number of phenols is 1. The molecule has 4 nitrogen and oxygen atoms in total. The van der Waals surface area contributed by atoms with Gasteiger partial charge in [0.15, 0.2) is 0 Å². The number of phenolic OH excluding ortho intramolecular Hbond substituents is 1. The SMILES string of the molecule is Cc1cc(C)c(O)c(NC(=O)[C@@H](N)C(C)C)c1. The van der Waals surface area contributed by atoms with Gasteiger partial charge in [-0.1, -0.05) is 19.9 Å². The molecule has 0 aromatic heterocycles. The van der Waals surface area contributed by atoms with E-state index in [0.29, 0.717) is 5.69 Å². The summed E-state index contributed by atoms with van der Waals surface area (Å²) in [6.07, 6.45) is 0. The lowest BCUT2D eigenvalue weighted by molar-refractivity contribution is -0.118. The second-order valence-electron chi connectivity index (χ2n) is 4.74. The van der Waals surface area contributed by atoms with Crippen LogP contribution in [0.3, 0.4) is 0 Å². The number of benzene rings is 1. The summed E-state index contributed by atoms with van der Waals surface area (Å²) in [6, 6.07) is 3.01. The third-order valence-corrected chi connectivity index (χ3v) is 2.72. The van der Waals surface area contributed by atoms with Crippen molar-refractivity contribution in [3.8, 4) is 5.75 Å². The van der Waals surface area contributed by atoms with Gasteiger partial charge in [-0.05, 0) is 37.0 Å². The molecule has 1 rings (SSSR count). The molecule has 1 amide bonds. The minimum Gasteiger partial charge on any atom is -0.505 e. The number of rotatable bonds is 3. The van der Waals surface area contributed by atoms with Crippen LogP contribution in [-0.4, -0.2) is 17.1 Å². The molecule has 0 fully saturated rings. The van der Waals surface area contributed by atoms with Crippen molar-refractivity contribution in [2.24, 2.45) is 11.7 Å². The lowest BCUT2D eigenvalue weighted by atomic mass is 10.0. The summed E-state index contributed by atoms with van der Waals surface area (Å²) in [4.78, 5) is 11.8. The molecule has 0 bridgehead atoms. The van der Waals surface area contributed by atoms with Gasteiger partial charge in [0, 0.05) is 0 Å². The van der Waals surface area contributed by atoms with Crippen molar-refractivity contribution < 1.29 is 9.90 Å².